The van der Waals surface area contributed by atoms with Crippen LogP contribution in [0.25, 0.3) is 0 Å². The third kappa shape index (κ3) is 3.16. The molecule has 4 N–H and O–H groups in total. The van der Waals surface area contributed by atoms with Gasteiger partial charge in [0.2, 0.25) is 11.7 Å². The number of H-pyrrole nitrogens is 2. The highest BCUT2D eigenvalue weighted by atomic mass is 16.2. The molecule has 0 atom stereocenters. The van der Waals surface area contributed by atoms with Crippen LogP contribution in [0.1, 0.15) is 13.8 Å². The van der Waals surface area contributed by atoms with Gasteiger partial charge in [-0.3, -0.25) is 14.6 Å². The first kappa shape index (κ1) is 12.9. The van der Waals surface area contributed by atoms with Crippen molar-refractivity contribution in [3.8, 4) is 0 Å². The summed E-state index contributed by atoms with van der Waals surface area (Å²) in [4.78, 5) is 35.5. The van der Waals surface area contributed by atoms with Gasteiger partial charge in [0.25, 0.3) is 5.56 Å². The van der Waals surface area contributed by atoms with Crippen molar-refractivity contribution in [2.24, 2.45) is 5.41 Å². The second-order valence-corrected chi connectivity index (χ2v) is 4.17. The third-order valence-electron chi connectivity index (χ3n) is 2.25. The van der Waals surface area contributed by atoms with E-state index < -0.39 is 16.7 Å². The second-order valence-electron chi connectivity index (χ2n) is 4.17. The van der Waals surface area contributed by atoms with Crippen LogP contribution >= 0.6 is 0 Å². The summed E-state index contributed by atoms with van der Waals surface area (Å²) in [5.74, 6) is -0.188. The van der Waals surface area contributed by atoms with Crippen molar-refractivity contribution in [3.63, 3.8) is 0 Å². The van der Waals surface area contributed by atoms with Gasteiger partial charge in [-0.15, -0.1) is 5.10 Å². The first-order valence-corrected chi connectivity index (χ1v) is 5.02. The topological polar surface area (TPSA) is 120 Å². The van der Waals surface area contributed by atoms with Gasteiger partial charge in [-0.25, -0.2) is 9.89 Å². The average molecular weight is 241 g/mol. The van der Waals surface area contributed by atoms with Crippen LogP contribution in [-0.2, 0) is 4.79 Å². The lowest BCUT2D eigenvalue weighted by atomic mass is 9.92. The van der Waals surface area contributed by atoms with Crippen LogP contribution in [0.5, 0.6) is 0 Å². The number of carbonyl (C=O) groups excluding carboxylic acids is 1. The molecule has 0 aliphatic heterocycles. The highest BCUT2D eigenvalue weighted by Crippen LogP contribution is 2.14. The van der Waals surface area contributed by atoms with E-state index in [-0.39, 0.29) is 18.3 Å². The van der Waals surface area contributed by atoms with Crippen LogP contribution in [-0.4, -0.2) is 34.7 Å². The molecule has 0 spiro atoms. The summed E-state index contributed by atoms with van der Waals surface area (Å²) < 4.78 is 0. The zero-order chi connectivity index (χ0) is 13.1. The van der Waals surface area contributed by atoms with Gasteiger partial charge in [0.1, 0.15) is 0 Å². The molecule has 8 heteroatoms. The number of aromatic amines is 2. The Balaban J connectivity index is 2.77. The first-order chi connectivity index (χ1) is 7.86. The van der Waals surface area contributed by atoms with Gasteiger partial charge in [-0.2, -0.15) is 0 Å². The molecule has 1 aromatic heterocycles. The minimum Gasteiger partial charge on any atom is -0.363 e. The van der Waals surface area contributed by atoms with E-state index in [0.29, 0.717) is 0 Å². The Morgan fingerprint density at radius 2 is 2.06 bits per heavy atom. The number of hydrogen-bond donors (Lipinski definition) is 4. The normalized spacial score (nSPS) is 11.0. The van der Waals surface area contributed by atoms with E-state index in [1.165, 1.54) is 7.05 Å². The van der Waals surface area contributed by atoms with E-state index in [9.17, 15) is 14.4 Å². The van der Waals surface area contributed by atoms with Crippen LogP contribution in [0.15, 0.2) is 9.59 Å². The number of nitrogens with one attached hydrogen (secondary N) is 4. The van der Waals surface area contributed by atoms with E-state index in [1.807, 2.05) is 4.98 Å². The molecule has 0 aliphatic rings. The van der Waals surface area contributed by atoms with E-state index in [2.05, 4.69) is 20.8 Å². The fourth-order valence-electron chi connectivity index (χ4n) is 1.19. The molecular weight excluding hydrogens is 226 g/mol. The van der Waals surface area contributed by atoms with Gasteiger partial charge in [0, 0.05) is 13.6 Å². The summed E-state index contributed by atoms with van der Waals surface area (Å²) in [6.07, 6.45) is 0. The van der Waals surface area contributed by atoms with Gasteiger partial charge in [0.05, 0.1) is 5.41 Å². The van der Waals surface area contributed by atoms with Gasteiger partial charge in [0.15, 0.2) is 0 Å². The highest BCUT2D eigenvalue weighted by Gasteiger charge is 2.26. The molecule has 1 aromatic rings. The van der Waals surface area contributed by atoms with E-state index in [1.54, 1.807) is 13.8 Å². The van der Waals surface area contributed by atoms with Gasteiger partial charge in [-0.05, 0) is 13.8 Å². The van der Waals surface area contributed by atoms with Crippen LogP contribution in [0, 0.1) is 5.41 Å². The predicted octanol–water partition coefficient (Wildman–Crippen LogP) is -1.36. The standard InChI is InChI=1S/C9H15N5O3/c1-9(2,7(16)10-3)4-11-5-6(15)12-8(17)14-13-5/h4H2,1-3H3,(H,10,16)(H,11,13)(H2,12,14,15,17). The van der Waals surface area contributed by atoms with Crippen molar-refractivity contribution in [1.82, 2.24) is 20.5 Å². The molecule has 1 rings (SSSR count). The number of anilines is 1. The maximum atomic E-state index is 11.5. The Morgan fingerprint density at radius 3 is 2.59 bits per heavy atom. The van der Waals surface area contributed by atoms with E-state index in [4.69, 9.17) is 0 Å². The molecule has 0 saturated carbocycles. The van der Waals surface area contributed by atoms with E-state index in [0.717, 1.165) is 0 Å². The molecule has 0 bridgehead atoms. The molecule has 1 heterocycles. The zero-order valence-electron chi connectivity index (χ0n) is 9.88. The number of aromatic nitrogens is 3. The quantitative estimate of drug-likeness (QED) is 0.519. The summed E-state index contributed by atoms with van der Waals surface area (Å²) in [7, 11) is 1.54. The number of carbonyl (C=O) groups is 1. The van der Waals surface area contributed by atoms with Crippen molar-refractivity contribution >= 4 is 11.7 Å². The first-order valence-electron chi connectivity index (χ1n) is 5.02. The molecule has 8 nitrogen and oxygen atoms in total. The number of nitrogens with zero attached hydrogens (tertiary/aromatic N) is 1. The number of rotatable bonds is 4. The van der Waals surface area contributed by atoms with Crippen LogP contribution < -0.4 is 21.9 Å². The lowest BCUT2D eigenvalue weighted by molar-refractivity contribution is -0.128. The molecule has 0 radical (unpaired) electrons. The number of hydrogen-bond acceptors (Lipinski definition) is 5. The summed E-state index contributed by atoms with van der Waals surface area (Å²) in [5.41, 5.74) is -1.99. The number of amides is 1. The Labute approximate surface area is 96.8 Å². The SMILES string of the molecule is CNC(=O)C(C)(C)CNc1n[nH]c(=O)[nH]c1=O. The Hall–Kier alpha value is -2.12. The Morgan fingerprint density at radius 1 is 1.41 bits per heavy atom. The van der Waals surface area contributed by atoms with Crippen LogP contribution in [0.2, 0.25) is 0 Å². The summed E-state index contributed by atoms with van der Waals surface area (Å²) in [6, 6.07) is 0. The summed E-state index contributed by atoms with van der Waals surface area (Å²) in [5, 5.41) is 10.9. The Kier molecular flexibility index (Phi) is 3.66. The Bertz CT molecular complexity index is 516. The van der Waals surface area contributed by atoms with Crippen LogP contribution in [0.4, 0.5) is 5.82 Å². The molecule has 17 heavy (non-hydrogen) atoms. The summed E-state index contributed by atoms with van der Waals surface area (Å²) in [6.45, 7) is 3.66. The third-order valence-corrected chi connectivity index (χ3v) is 2.25. The molecular formula is C9H15N5O3. The summed E-state index contributed by atoms with van der Waals surface area (Å²) >= 11 is 0. The second kappa shape index (κ2) is 4.81. The zero-order valence-corrected chi connectivity index (χ0v) is 9.88. The maximum Gasteiger partial charge on any atom is 0.342 e. The molecule has 0 fully saturated rings. The maximum absolute atomic E-state index is 11.5. The fraction of sp³-hybridized carbons (Fsp3) is 0.556. The fourth-order valence-corrected chi connectivity index (χ4v) is 1.19. The lowest BCUT2D eigenvalue weighted by Crippen LogP contribution is -2.40. The van der Waals surface area contributed by atoms with Crippen molar-refractivity contribution in [2.45, 2.75) is 13.8 Å². The van der Waals surface area contributed by atoms with Crippen molar-refractivity contribution in [1.29, 1.82) is 0 Å². The van der Waals surface area contributed by atoms with Gasteiger partial charge >= 0.3 is 5.69 Å². The van der Waals surface area contributed by atoms with Crippen molar-refractivity contribution in [2.75, 3.05) is 18.9 Å². The van der Waals surface area contributed by atoms with E-state index >= 15 is 0 Å². The largest absolute Gasteiger partial charge is 0.363 e. The average Bonchev–Trinajstić information content (AvgIpc) is 2.26. The molecule has 0 aliphatic carbocycles. The van der Waals surface area contributed by atoms with Crippen molar-refractivity contribution < 1.29 is 4.79 Å². The molecule has 0 aromatic carbocycles. The smallest absolute Gasteiger partial charge is 0.342 e. The lowest BCUT2D eigenvalue weighted by Gasteiger charge is -2.22. The molecule has 94 valence electrons. The minimum atomic E-state index is -0.695. The van der Waals surface area contributed by atoms with Crippen molar-refractivity contribution in [3.05, 3.63) is 20.8 Å². The predicted molar refractivity (Wildman–Crippen MR) is 61.8 cm³/mol. The monoisotopic (exact) mass is 241 g/mol. The van der Waals surface area contributed by atoms with Gasteiger partial charge in [-0.1, -0.05) is 0 Å². The molecule has 0 unspecified atom stereocenters. The van der Waals surface area contributed by atoms with Crippen LogP contribution in [0.3, 0.4) is 0 Å². The molecule has 0 saturated heterocycles. The van der Waals surface area contributed by atoms with Gasteiger partial charge < -0.3 is 10.6 Å². The minimum absolute atomic E-state index is 0.0263. The highest BCUT2D eigenvalue weighted by molar-refractivity contribution is 5.82. The molecule has 1 amide bonds.